The van der Waals surface area contributed by atoms with Gasteiger partial charge in [-0.25, -0.2) is 8.42 Å². The fraction of sp³-hybridized carbons (Fsp3) is 0.923. The molecule has 110 valence electrons. The zero-order valence-corrected chi connectivity index (χ0v) is 12.5. The van der Waals surface area contributed by atoms with Crippen LogP contribution in [0.4, 0.5) is 0 Å². The van der Waals surface area contributed by atoms with Crippen LogP contribution < -0.4 is 0 Å². The third-order valence-electron chi connectivity index (χ3n) is 3.58. The van der Waals surface area contributed by atoms with E-state index in [0.29, 0.717) is 13.2 Å². The predicted molar refractivity (Wildman–Crippen MR) is 74.0 cm³/mol. The third-order valence-corrected chi connectivity index (χ3v) is 5.63. The van der Waals surface area contributed by atoms with Crippen molar-refractivity contribution in [2.24, 2.45) is 5.92 Å². The average Bonchev–Trinajstić information content (AvgIpc) is 2.39. The highest BCUT2D eigenvalue weighted by Gasteiger charge is 2.26. The fourth-order valence-corrected chi connectivity index (χ4v) is 4.38. The van der Waals surface area contributed by atoms with Gasteiger partial charge >= 0.3 is 0 Å². The Labute approximate surface area is 116 Å². The van der Waals surface area contributed by atoms with E-state index in [1.165, 1.54) is 10.7 Å². The van der Waals surface area contributed by atoms with Crippen LogP contribution in [0, 0.1) is 17.2 Å². The molecule has 0 N–H and O–H groups in total. The first-order valence-electron chi connectivity index (χ1n) is 6.94. The van der Waals surface area contributed by atoms with Gasteiger partial charge in [0.05, 0.1) is 18.4 Å². The first-order valence-corrected chi connectivity index (χ1v) is 8.55. The molecule has 1 fully saturated rings. The molecule has 1 aliphatic carbocycles. The number of nitrogens with zero attached hydrogens (tertiary/aromatic N) is 2. The van der Waals surface area contributed by atoms with Crippen molar-refractivity contribution in [3.05, 3.63) is 0 Å². The number of nitriles is 1. The lowest BCUT2D eigenvalue weighted by molar-refractivity contribution is 0.179. The Morgan fingerprint density at radius 2 is 1.95 bits per heavy atom. The van der Waals surface area contributed by atoms with E-state index in [9.17, 15) is 8.42 Å². The molecule has 0 bridgehead atoms. The second-order valence-corrected chi connectivity index (χ2v) is 7.10. The van der Waals surface area contributed by atoms with Crippen LogP contribution in [-0.4, -0.2) is 45.3 Å². The molecule has 19 heavy (non-hydrogen) atoms. The first kappa shape index (κ1) is 16.4. The smallest absolute Gasteiger partial charge is 0.214 e. The molecule has 0 aromatic carbocycles. The molecule has 0 heterocycles. The highest BCUT2D eigenvalue weighted by molar-refractivity contribution is 7.89. The van der Waals surface area contributed by atoms with Crippen molar-refractivity contribution >= 4 is 10.0 Å². The van der Waals surface area contributed by atoms with E-state index in [0.717, 1.165) is 25.7 Å². The van der Waals surface area contributed by atoms with Gasteiger partial charge in [0.1, 0.15) is 0 Å². The summed E-state index contributed by atoms with van der Waals surface area (Å²) in [5.74, 6) is 0.508. The topological polar surface area (TPSA) is 70.4 Å². The van der Waals surface area contributed by atoms with Crippen LogP contribution >= 0.6 is 0 Å². The Kier molecular flexibility index (Phi) is 7.36. The van der Waals surface area contributed by atoms with Crippen molar-refractivity contribution in [1.29, 1.82) is 5.26 Å². The molecule has 0 unspecified atom stereocenters. The van der Waals surface area contributed by atoms with E-state index in [1.807, 2.05) is 6.07 Å². The number of sulfonamides is 1. The highest BCUT2D eigenvalue weighted by Crippen LogP contribution is 2.25. The molecular weight excluding hydrogens is 264 g/mol. The third kappa shape index (κ3) is 5.89. The molecular formula is C13H24N2O3S. The molecule has 0 aromatic rings. The van der Waals surface area contributed by atoms with Crippen molar-refractivity contribution in [3.8, 4) is 6.07 Å². The Bertz CT molecular complexity index is 383. The maximum atomic E-state index is 12.4. The molecule has 1 rings (SSSR count). The molecule has 0 saturated heterocycles. The molecule has 1 saturated carbocycles. The summed E-state index contributed by atoms with van der Waals surface area (Å²) in [6.07, 6.45) is 5.74. The van der Waals surface area contributed by atoms with Gasteiger partial charge in [-0.3, -0.25) is 0 Å². The minimum Gasteiger partial charge on any atom is -0.383 e. The van der Waals surface area contributed by atoms with Crippen LogP contribution in [0.3, 0.4) is 0 Å². The van der Waals surface area contributed by atoms with Crippen molar-refractivity contribution in [1.82, 2.24) is 4.31 Å². The quantitative estimate of drug-likeness (QED) is 0.682. The summed E-state index contributed by atoms with van der Waals surface area (Å²) in [6.45, 7) is 0.984. The molecule has 0 aliphatic heterocycles. The minimum atomic E-state index is -3.26. The molecule has 5 nitrogen and oxygen atoms in total. The molecule has 6 heteroatoms. The van der Waals surface area contributed by atoms with Gasteiger partial charge in [-0.05, 0) is 18.8 Å². The lowest BCUT2D eigenvalue weighted by Gasteiger charge is -2.26. The number of ether oxygens (including phenoxy) is 1. The van der Waals surface area contributed by atoms with Gasteiger partial charge in [0.2, 0.25) is 10.0 Å². The Balaban J connectivity index is 2.59. The monoisotopic (exact) mass is 288 g/mol. The standard InChI is InChI=1S/C13H24N2O3S/c1-18-11-10-15(9-5-8-14)19(16,17)12-13-6-3-2-4-7-13/h13H,2-7,9-12H2,1H3. The van der Waals surface area contributed by atoms with Gasteiger partial charge in [0.25, 0.3) is 0 Å². The first-order chi connectivity index (χ1) is 9.10. The number of hydrogen-bond acceptors (Lipinski definition) is 4. The summed E-state index contributed by atoms with van der Waals surface area (Å²) in [5.41, 5.74) is 0. The number of rotatable bonds is 8. The van der Waals surface area contributed by atoms with E-state index in [-0.39, 0.29) is 24.6 Å². The highest BCUT2D eigenvalue weighted by atomic mass is 32.2. The van der Waals surface area contributed by atoms with E-state index >= 15 is 0 Å². The maximum Gasteiger partial charge on any atom is 0.214 e. The Morgan fingerprint density at radius 3 is 2.53 bits per heavy atom. The Hall–Kier alpha value is -0.640. The Morgan fingerprint density at radius 1 is 1.26 bits per heavy atom. The summed E-state index contributed by atoms with van der Waals surface area (Å²) in [5, 5.41) is 8.62. The van der Waals surface area contributed by atoms with Crippen molar-refractivity contribution in [2.75, 3.05) is 32.6 Å². The van der Waals surface area contributed by atoms with E-state index < -0.39 is 10.0 Å². The largest absolute Gasteiger partial charge is 0.383 e. The zero-order valence-electron chi connectivity index (χ0n) is 11.7. The van der Waals surface area contributed by atoms with E-state index in [1.54, 1.807) is 7.11 Å². The molecule has 0 aromatic heterocycles. The summed E-state index contributed by atoms with van der Waals surface area (Å²) >= 11 is 0. The molecule has 0 atom stereocenters. The predicted octanol–water partition coefficient (Wildman–Crippen LogP) is 1.76. The number of methoxy groups -OCH3 is 1. The van der Waals surface area contributed by atoms with Crippen LogP contribution in [0.5, 0.6) is 0 Å². The lowest BCUT2D eigenvalue weighted by atomic mass is 9.91. The second kappa shape index (κ2) is 8.51. The van der Waals surface area contributed by atoms with Gasteiger partial charge in [0, 0.05) is 26.6 Å². The van der Waals surface area contributed by atoms with E-state index in [2.05, 4.69) is 0 Å². The normalized spacial score (nSPS) is 17.5. The molecule has 0 radical (unpaired) electrons. The van der Waals surface area contributed by atoms with Crippen LogP contribution in [0.2, 0.25) is 0 Å². The zero-order chi connectivity index (χ0) is 14.1. The molecule has 1 aliphatic rings. The summed E-state index contributed by atoms with van der Waals surface area (Å²) in [6, 6.07) is 2.00. The van der Waals surface area contributed by atoms with Crippen molar-refractivity contribution in [3.63, 3.8) is 0 Å². The number of hydrogen-bond donors (Lipinski definition) is 0. The summed E-state index contributed by atoms with van der Waals surface area (Å²) in [7, 11) is -1.71. The van der Waals surface area contributed by atoms with Gasteiger partial charge < -0.3 is 4.74 Å². The molecule has 0 spiro atoms. The van der Waals surface area contributed by atoms with Crippen LogP contribution in [0.15, 0.2) is 0 Å². The minimum absolute atomic E-state index is 0.224. The summed E-state index contributed by atoms with van der Waals surface area (Å²) in [4.78, 5) is 0. The van der Waals surface area contributed by atoms with Gasteiger partial charge in [-0.1, -0.05) is 19.3 Å². The maximum absolute atomic E-state index is 12.4. The average molecular weight is 288 g/mol. The fourth-order valence-electron chi connectivity index (χ4n) is 2.51. The van der Waals surface area contributed by atoms with E-state index in [4.69, 9.17) is 10.00 Å². The van der Waals surface area contributed by atoms with Crippen LogP contribution in [0.1, 0.15) is 38.5 Å². The lowest BCUT2D eigenvalue weighted by Crippen LogP contribution is -2.38. The second-order valence-electron chi connectivity index (χ2n) is 5.08. The van der Waals surface area contributed by atoms with Crippen molar-refractivity contribution in [2.45, 2.75) is 38.5 Å². The van der Waals surface area contributed by atoms with Gasteiger partial charge in [-0.15, -0.1) is 0 Å². The van der Waals surface area contributed by atoms with Crippen molar-refractivity contribution < 1.29 is 13.2 Å². The molecule has 0 amide bonds. The van der Waals surface area contributed by atoms with Gasteiger partial charge in [0.15, 0.2) is 0 Å². The van der Waals surface area contributed by atoms with Gasteiger partial charge in [-0.2, -0.15) is 9.57 Å². The SMILES string of the molecule is COCCN(CCC#N)S(=O)(=O)CC1CCCCC1. The van der Waals surface area contributed by atoms with Crippen LogP contribution in [0.25, 0.3) is 0 Å². The van der Waals surface area contributed by atoms with Crippen LogP contribution in [-0.2, 0) is 14.8 Å². The summed E-state index contributed by atoms with van der Waals surface area (Å²) < 4.78 is 31.1.